The number of furan rings is 1. The molecule has 1 atom stereocenters. The second kappa shape index (κ2) is 6.53. The van der Waals surface area contributed by atoms with Crippen LogP contribution >= 0.6 is 11.8 Å². The maximum Gasteiger partial charge on any atom is 0.254 e. The van der Waals surface area contributed by atoms with Crippen molar-refractivity contribution in [3.8, 4) is 0 Å². The monoisotopic (exact) mass is 229 g/mol. The van der Waals surface area contributed by atoms with E-state index in [1.54, 1.807) is 17.8 Å². The number of hydrogen-bond donors (Lipinski definition) is 2. The predicted octanol–water partition coefficient (Wildman–Crippen LogP) is 1.12. The number of carbonyl (C=O) groups is 1. The van der Waals surface area contributed by atoms with Crippen molar-refractivity contribution >= 4 is 17.7 Å². The van der Waals surface area contributed by atoms with E-state index in [2.05, 4.69) is 5.32 Å². The Morgan fingerprint density at radius 3 is 3.13 bits per heavy atom. The number of aliphatic hydroxyl groups is 1. The molecule has 1 aromatic rings. The van der Waals surface area contributed by atoms with Crippen molar-refractivity contribution in [1.82, 2.24) is 5.32 Å². The number of nitrogens with one attached hydrogen (secondary N) is 1. The zero-order chi connectivity index (χ0) is 11.1. The van der Waals surface area contributed by atoms with Crippen LogP contribution in [0.5, 0.6) is 0 Å². The van der Waals surface area contributed by atoms with E-state index in [4.69, 9.17) is 4.42 Å². The Kier molecular flexibility index (Phi) is 5.28. The van der Waals surface area contributed by atoms with Gasteiger partial charge in [0.25, 0.3) is 5.91 Å². The molecule has 0 aliphatic heterocycles. The number of amides is 1. The molecule has 0 saturated heterocycles. The minimum Gasteiger partial charge on any atom is -0.472 e. The lowest BCUT2D eigenvalue weighted by molar-refractivity contribution is 0.0914. The normalized spacial score (nSPS) is 12.4. The molecule has 2 N–H and O–H groups in total. The molecule has 0 radical (unpaired) electrons. The van der Waals surface area contributed by atoms with Gasteiger partial charge in [0.2, 0.25) is 0 Å². The lowest BCUT2D eigenvalue weighted by Crippen LogP contribution is -2.32. The molecular weight excluding hydrogens is 214 g/mol. The molecule has 5 heteroatoms. The quantitative estimate of drug-likeness (QED) is 0.767. The molecule has 0 aromatic carbocycles. The molecule has 84 valence electrons. The van der Waals surface area contributed by atoms with Crippen LogP contribution in [0.2, 0.25) is 0 Å². The molecule has 0 aliphatic carbocycles. The van der Waals surface area contributed by atoms with Gasteiger partial charge >= 0.3 is 0 Å². The summed E-state index contributed by atoms with van der Waals surface area (Å²) in [4.78, 5) is 11.4. The second-order valence-corrected chi connectivity index (χ2v) is 4.14. The van der Waals surface area contributed by atoms with Crippen molar-refractivity contribution in [2.75, 3.05) is 18.6 Å². The van der Waals surface area contributed by atoms with Crippen molar-refractivity contribution in [2.45, 2.75) is 12.5 Å². The molecule has 4 nitrogen and oxygen atoms in total. The van der Waals surface area contributed by atoms with E-state index in [-0.39, 0.29) is 12.5 Å². The highest BCUT2D eigenvalue weighted by Crippen LogP contribution is 2.01. The number of hydrogen-bond acceptors (Lipinski definition) is 4. The Morgan fingerprint density at radius 2 is 2.53 bits per heavy atom. The van der Waals surface area contributed by atoms with E-state index < -0.39 is 6.10 Å². The smallest absolute Gasteiger partial charge is 0.254 e. The zero-order valence-corrected chi connectivity index (χ0v) is 9.42. The van der Waals surface area contributed by atoms with Gasteiger partial charge in [-0.2, -0.15) is 11.8 Å². The van der Waals surface area contributed by atoms with Gasteiger partial charge in [-0.3, -0.25) is 4.79 Å². The van der Waals surface area contributed by atoms with Gasteiger partial charge in [0, 0.05) is 6.54 Å². The summed E-state index contributed by atoms with van der Waals surface area (Å²) in [5.74, 6) is 0.676. The van der Waals surface area contributed by atoms with Gasteiger partial charge in [0.1, 0.15) is 6.26 Å². The second-order valence-electron chi connectivity index (χ2n) is 3.16. The number of thioether (sulfide) groups is 1. The van der Waals surface area contributed by atoms with Crippen LogP contribution in [-0.4, -0.2) is 35.7 Å². The Morgan fingerprint density at radius 1 is 1.73 bits per heavy atom. The number of carbonyl (C=O) groups excluding carboxylic acids is 1. The highest BCUT2D eigenvalue weighted by Gasteiger charge is 2.09. The van der Waals surface area contributed by atoms with Crippen molar-refractivity contribution in [3.05, 3.63) is 24.2 Å². The molecule has 15 heavy (non-hydrogen) atoms. The van der Waals surface area contributed by atoms with E-state index in [9.17, 15) is 9.90 Å². The fraction of sp³-hybridized carbons (Fsp3) is 0.500. The summed E-state index contributed by atoms with van der Waals surface area (Å²) in [7, 11) is 0. The maximum absolute atomic E-state index is 11.4. The van der Waals surface area contributed by atoms with Gasteiger partial charge < -0.3 is 14.8 Å². The van der Waals surface area contributed by atoms with Crippen LogP contribution < -0.4 is 5.32 Å². The van der Waals surface area contributed by atoms with Crippen molar-refractivity contribution in [2.24, 2.45) is 0 Å². The summed E-state index contributed by atoms with van der Waals surface area (Å²) in [5.41, 5.74) is 0.479. The topological polar surface area (TPSA) is 62.5 Å². The van der Waals surface area contributed by atoms with Crippen LogP contribution in [0.4, 0.5) is 0 Å². The first-order chi connectivity index (χ1) is 7.24. The maximum atomic E-state index is 11.4. The van der Waals surface area contributed by atoms with E-state index in [0.29, 0.717) is 12.0 Å². The van der Waals surface area contributed by atoms with E-state index in [1.165, 1.54) is 12.5 Å². The van der Waals surface area contributed by atoms with E-state index >= 15 is 0 Å². The summed E-state index contributed by atoms with van der Waals surface area (Å²) in [5, 5.41) is 12.1. The van der Waals surface area contributed by atoms with Crippen molar-refractivity contribution < 1.29 is 14.3 Å². The van der Waals surface area contributed by atoms with Gasteiger partial charge in [-0.15, -0.1) is 0 Å². The molecule has 0 spiro atoms. The van der Waals surface area contributed by atoms with Crippen LogP contribution in [0, 0.1) is 0 Å². The summed E-state index contributed by atoms with van der Waals surface area (Å²) >= 11 is 1.67. The number of aliphatic hydroxyl groups excluding tert-OH is 1. The van der Waals surface area contributed by atoms with Crippen LogP contribution in [0.1, 0.15) is 16.8 Å². The average molecular weight is 229 g/mol. The summed E-state index contributed by atoms with van der Waals surface area (Å²) in [6, 6.07) is 1.59. The van der Waals surface area contributed by atoms with Crippen LogP contribution in [0.3, 0.4) is 0 Å². The average Bonchev–Trinajstić information content (AvgIpc) is 2.76. The summed E-state index contributed by atoms with van der Waals surface area (Å²) in [6.45, 7) is 0.282. The largest absolute Gasteiger partial charge is 0.472 e. The highest BCUT2D eigenvalue weighted by atomic mass is 32.2. The van der Waals surface area contributed by atoms with Crippen LogP contribution in [0.15, 0.2) is 23.0 Å². The SMILES string of the molecule is CSCCC(O)CNC(=O)c1ccoc1. The molecule has 1 rings (SSSR count). The molecule has 1 heterocycles. The van der Waals surface area contributed by atoms with E-state index in [1.807, 2.05) is 6.26 Å². The Bertz CT molecular complexity index is 287. The first-order valence-corrected chi connectivity index (χ1v) is 6.11. The molecule has 0 aliphatic rings. The fourth-order valence-corrected chi connectivity index (χ4v) is 1.57. The Hall–Kier alpha value is -0.940. The molecule has 0 fully saturated rings. The first-order valence-electron chi connectivity index (χ1n) is 4.71. The molecule has 1 unspecified atom stereocenters. The Labute approximate surface area is 93.0 Å². The summed E-state index contributed by atoms with van der Waals surface area (Å²) in [6.07, 6.45) is 5.01. The number of rotatable bonds is 6. The van der Waals surface area contributed by atoms with Crippen molar-refractivity contribution in [3.63, 3.8) is 0 Å². The van der Waals surface area contributed by atoms with Crippen LogP contribution in [0.25, 0.3) is 0 Å². The third-order valence-electron chi connectivity index (χ3n) is 1.94. The lowest BCUT2D eigenvalue weighted by Gasteiger charge is -2.10. The van der Waals surface area contributed by atoms with Gasteiger partial charge in [0.15, 0.2) is 0 Å². The molecule has 0 bridgehead atoms. The summed E-state index contributed by atoms with van der Waals surface area (Å²) < 4.78 is 4.78. The predicted molar refractivity (Wildman–Crippen MR) is 60.0 cm³/mol. The Balaban J connectivity index is 2.22. The first kappa shape index (κ1) is 12.1. The minimum absolute atomic E-state index is 0.216. The molecule has 0 saturated carbocycles. The van der Waals surface area contributed by atoms with Crippen molar-refractivity contribution in [1.29, 1.82) is 0 Å². The highest BCUT2D eigenvalue weighted by molar-refractivity contribution is 7.98. The van der Waals surface area contributed by atoms with Gasteiger partial charge in [0.05, 0.1) is 17.9 Å². The standard InChI is InChI=1S/C10H15NO3S/c1-15-5-3-9(12)6-11-10(13)8-2-4-14-7-8/h2,4,7,9,12H,3,5-6H2,1H3,(H,11,13). The fourth-order valence-electron chi connectivity index (χ4n) is 1.06. The van der Waals surface area contributed by atoms with E-state index in [0.717, 1.165) is 5.75 Å². The molecule has 1 aromatic heterocycles. The molecular formula is C10H15NO3S. The van der Waals surface area contributed by atoms with Gasteiger partial charge in [-0.1, -0.05) is 0 Å². The van der Waals surface area contributed by atoms with Gasteiger partial charge in [-0.25, -0.2) is 0 Å². The molecule has 1 amide bonds. The third kappa shape index (κ3) is 4.40. The third-order valence-corrected chi connectivity index (χ3v) is 2.58. The minimum atomic E-state index is -0.478. The zero-order valence-electron chi connectivity index (χ0n) is 8.60. The lowest BCUT2D eigenvalue weighted by atomic mass is 10.2. The van der Waals surface area contributed by atoms with Gasteiger partial charge in [-0.05, 0) is 24.5 Å². The van der Waals surface area contributed by atoms with Crippen LogP contribution in [-0.2, 0) is 0 Å².